The van der Waals surface area contributed by atoms with E-state index in [1.54, 1.807) is 7.05 Å². The first kappa shape index (κ1) is 14.2. The van der Waals surface area contributed by atoms with Crippen molar-refractivity contribution in [1.82, 2.24) is 4.90 Å². The van der Waals surface area contributed by atoms with Crippen molar-refractivity contribution in [2.75, 3.05) is 13.6 Å². The van der Waals surface area contributed by atoms with Gasteiger partial charge < -0.3 is 10.0 Å². The van der Waals surface area contributed by atoms with Crippen LogP contribution in [0.1, 0.15) is 18.9 Å². The zero-order chi connectivity index (χ0) is 13.5. The summed E-state index contributed by atoms with van der Waals surface area (Å²) in [7, 11) is 1.65. The Hall–Kier alpha value is -1.84. The molecule has 0 heterocycles. The lowest BCUT2D eigenvalue weighted by Gasteiger charge is -2.19. The SMILES string of the molecule is CC(C(=O)O)C(=O)N(C)CCCc1ccccc1. The molecule has 1 amide bonds. The highest BCUT2D eigenvalue weighted by Gasteiger charge is 2.23. The molecule has 0 fully saturated rings. The maximum absolute atomic E-state index is 11.7. The third kappa shape index (κ3) is 4.20. The topological polar surface area (TPSA) is 57.6 Å². The van der Waals surface area contributed by atoms with Gasteiger partial charge in [0.25, 0.3) is 0 Å². The highest BCUT2D eigenvalue weighted by atomic mass is 16.4. The Morgan fingerprint density at radius 3 is 2.44 bits per heavy atom. The number of carboxylic acids is 1. The summed E-state index contributed by atoms with van der Waals surface area (Å²) in [6, 6.07) is 10.0. The molecule has 1 atom stereocenters. The molecular weight excluding hydrogens is 230 g/mol. The Bertz CT molecular complexity index is 403. The number of carbonyl (C=O) groups excluding carboxylic acids is 1. The summed E-state index contributed by atoms with van der Waals surface area (Å²) in [5, 5.41) is 8.76. The molecule has 18 heavy (non-hydrogen) atoms. The summed E-state index contributed by atoms with van der Waals surface area (Å²) < 4.78 is 0. The van der Waals surface area contributed by atoms with Crippen LogP contribution < -0.4 is 0 Å². The van der Waals surface area contributed by atoms with Gasteiger partial charge in [0.1, 0.15) is 5.92 Å². The van der Waals surface area contributed by atoms with E-state index in [-0.39, 0.29) is 5.91 Å². The predicted octanol–water partition coefficient (Wildman–Crippen LogP) is 1.80. The number of rotatable bonds is 6. The Morgan fingerprint density at radius 2 is 1.89 bits per heavy atom. The maximum Gasteiger partial charge on any atom is 0.315 e. The molecule has 0 aliphatic rings. The molecule has 4 heteroatoms. The first-order valence-corrected chi connectivity index (χ1v) is 6.04. The Kier molecular flexibility index (Phi) is 5.36. The van der Waals surface area contributed by atoms with Crippen molar-refractivity contribution in [3.8, 4) is 0 Å². The highest BCUT2D eigenvalue weighted by Crippen LogP contribution is 2.05. The third-order valence-corrected chi connectivity index (χ3v) is 2.92. The lowest BCUT2D eigenvalue weighted by atomic mass is 10.1. The van der Waals surface area contributed by atoms with E-state index in [2.05, 4.69) is 0 Å². The average molecular weight is 249 g/mol. The van der Waals surface area contributed by atoms with Gasteiger partial charge in [0.15, 0.2) is 0 Å². The van der Waals surface area contributed by atoms with Crippen molar-refractivity contribution in [2.24, 2.45) is 5.92 Å². The van der Waals surface area contributed by atoms with Crippen LogP contribution in [-0.2, 0) is 16.0 Å². The number of carbonyl (C=O) groups is 2. The number of benzene rings is 1. The van der Waals surface area contributed by atoms with Crippen LogP contribution in [0, 0.1) is 5.92 Å². The summed E-state index contributed by atoms with van der Waals surface area (Å²) in [4.78, 5) is 23.9. The Morgan fingerprint density at radius 1 is 1.28 bits per heavy atom. The van der Waals surface area contributed by atoms with Crippen LogP contribution >= 0.6 is 0 Å². The van der Waals surface area contributed by atoms with Crippen LogP contribution in [0.15, 0.2) is 30.3 Å². The molecule has 1 aromatic rings. The number of hydrogen-bond donors (Lipinski definition) is 1. The van der Waals surface area contributed by atoms with E-state index in [0.29, 0.717) is 6.54 Å². The Balaban J connectivity index is 2.35. The average Bonchev–Trinajstić information content (AvgIpc) is 2.38. The summed E-state index contributed by atoms with van der Waals surface area (Å²) in [5.74, 6) is -2.38. The minimum Gasteiger partial charge on any atom is -0.481 e. The molecule has 1 rings (SSSR count). The van der Waals surface area contributed by atoms with Gasteiger partial charge in [-0.15, -0.1) is 0 Å². The van der Waals surface area contributed by atoms with Gasteiger partial charge in [-0.3, -0.25) is 9.59 Å². The maximum atomic E-state index is 11.7. The van der Waals surface area contributed by atoms with Crippen molar-refractivity contribution >= 4 is 11.9 Å². The van der Waals surface area contributed by atoms with Crippen LogP contribution in [0.25, 0.3) is 0 Å². The molecule has 98 valence electrons. The Labute approximate surface area is 107 Å². The molecule has 0 saturated carbocycles. The zero-order valence-electron chi connectivity index (χ0n) is 10.8. The van der Waals surface area contributed by atoms with Crippen LogP contribution in [0.5, 0.6) is 0 Å². The summed E-state index contributed by atoms with van der Waals surface area (Å²) >= 11 is 0. The highest BCUT2D eigenvalue weighted by molar-refractivity contribution is 5.96. The molecule has 1 aromatic carbocycles. The normalized spacial score (nSPS) is 11.9. The van der Waals surface area contributed by atoms with E-state index in [1.807, 2.05) is 30.3 Å². The summed E-state index contributed by atoms with van der Waals surface area (Å²) in [6.07, 6.45) is 1.72. The van der Waals surface area contributed by atoms with Crippen molar-refractivity contribution in [1.29, 1.82) is 0 Å². The summed E-state index contributed by atoms with van der Waals surface area (Å²) in [6.45, 7) is 1.99. The number of hydrogen-bond acceptors (Lipinski definition) is 2. The fourth-order valence-corrected chi connectivity index (χ4v) is 1.71. The molecule has 0 aliphatic carbocycles. The fourth-order valence-electron chi connectivity index (χ4n) is 1.71. The van der Waals surface area contributed by atoms with E-state index in [9.17, 15) is 9.59 Å². The van der Waals surface area contributed by atoms with Gasteiger partial charge in [0.2, 0.25) is 5.91 Å². The predicted molar refractivity (Wildman–Crippen MR) is 69.2 cm³/mol. The number of nitrogens with zero attached hydrogens (tertiary/aromatic N) is 1. The molecule has 0 saturated heterocycles. The number of aliphatic carboxylic acids is 1. The number of amides is 1. The van der Waals surface area contributed by atoms with Crippen molar-refractivity contribution < 1.29 is 14.7 Å². The van der Waals surface area contributed by atoms with E-state index in [1.165, 1.54) is 17.4 Å². The van der Waals surface area contributed by atoms with Crippen molar-refractivity contribution in [3.63, 3.8) is 0 Å². The first-order valence-electron chi connectivity index (χ1n) is 6.04. The second-order valence-electron chi connectivity index (χ2n) is 4.41. The van der Waals surface area contributed by atoms with Crippen molar-refractivity contribution in [3.05, 3.63) is 35.9 Å². The number of carboxylic acid groups (broad SMARTS) is 1. The molecule has 0 aliphatic heterocycles. The van der Waals surface area contributed by atoms with Crippen LogP contribution in [-0.4, -0.2) is 35.5 Å². The fraction of sp³-hybridized carbons (Fsp3) is 0.429. The second kappa shape index (κ2) is 6.79. The van der Waals surface area contributed by atoms with E-state index < -0.39 is 11.9 Å². The van der Waals surface area contributed by atoms with Gasteiger partial charge in [-0.25, -0.2) is 0 Å². The lowest BCUT2D eigenvalue weighted by Crippen LogP contribution is -2.36. The van der Waals surface area contributed by atoms with Gasteiger partial charge in [-0.05, 0) is 25.3 Å². The first-order chi connectivity index (χ1) is 8.52. The molecule has 0 aromatic heterocycles. The van der Waals surface area contributed by atoms with Gasteiger partial charge >= 0.3 is 5.97 Å². The third-order valence-electron chi connectivity index (χ3n) is 2.92. The monoisotopic (exact) mass is 249 g/mol. The summed E-state index contributed by atoms with van der Waals surface area (Å²) in [5.41, 5.74) is 1.23. The smallest absolute Gasteiger partial charge is 0.315 e. The quantitative estimate of drug-likeness (QED) is 0.782. The molecule has 0 bridgehead atoms. The van der Waals surface area contributed by atoms with Gasteiger partial charge in [0.05, 0.1) is 0 Å². The molecule has 0 spiro atoms. The minimum absolute atomic E-state index is 0.337. The van der Waals surface area contributed by atoms with Crippen LogP contribution in [0.3, 0.4) is 0 Å². The van der Waals surface area contributed by atoms with E-state index >= 15 is 0 Å². The van der Waals surface area contributed by atoms with Gasteiger partial charge in [-0.2, -0.15) is 0 Å². The van der Waals surface area contributed by atoms with E-state index in [0.717, 1.165) is 12.8 Å². The number of aryl methyl sites for hydroxylation is 1. The van der Waals surface area contributed by atoms with Crippen LogP contribution in [0.2, 0.25) is 0 Å². The molecule has 1 unspecified atom stereocenters. The molecule has 0 radical (unpaired) electrons. The zero-order valence-corrected chi connectivity index (χ0v) is 10.8. The largest absolute Gasteiger partial charge is 0.481 e. The molecule has 4 nitrogen and oxygen atoms in total. The van der Waals surface area contributed by atoms with Crippen LogP contribution in [0.4, 0.5) is 0 Å². The standard InChI is InChI=1S/C14H19NO3/c1-11(14(17)18)13(16)15(2)10-6-9-12-7-4-3-5-8-12/h3-5,7-8,11H,6,9-10H2,1-2H3,(H,17,18). The second-order valence-corrected chi connectivity index (χ2v) is 4.41. The lowest BCUT2D eigenvalue weighted by molar-refractivity contribution is -0.149. The van der Waals surface area contributed by atoms with Crippen molar-refractivity contribution in [2.45, 2.75) is 19.8 Å². The van der Waals surface area contributed by atoms with Gasteiger partial charge in [0, 0.05) is 13.6 Å². The van der Waals surface area contributed by atoms with E-state index in [4.69, 9.17) is 5.11 Å². The molecule has 1 N–H and O–H groups in total. The molecular formula is C14H19NO3. The minimum atomic E-state index is -1.07. The van der Waals surface area contributed by atoms with Gasteiger partial charge in [-0.1, -0.05) is 30.3 Å².